The van der Waals surface area contributed by atoms with E-state index in [0.29, 0.717) is 18.0 Å². The van der Waals surface area contributed by atoms with E-state index in [2.05, 4.69) is 20.4 Å². The lowest BCUT2D eigenvalue weighted by Crippen LogP contribution is -2.28. The second-order valence-electron chi connectivity index (χ2n) is 6.25. The molecule has 7 heteroatoms. The molecule has 0 atom stereocenters. The average Bonchev–Trinajstić information content (AvgIpc) is 2.96. The van der Waals surface area contributed by atoms with Crippen LogP contribution in [0.25, 0.3) is 11.1 Å². The molecule has 0 spiro atoms. The predicted octanol–water partition coefficient (Wildman–Crippen LogP) is 1.88. The standard InChI is InChI=1S/C18H18N4O3/c1-22-7-5-10-12(11-4-3-6-19-18(11)25-2)8-13-15(14(10)9-22)20-17(23)16(13)21-24/h3-4,6,8,24H,5,7,9H2,1-2H3,(H,20,21,23). The van der Waals surface area contributed by atoms with Crippen molar-refractivity contribution >= 4 is 17.3 Å². The molecule has 2 aliphatic rings. The van der Waals surface area contributed by atoms with E-state index < -0.39 is 0 Å². The van der Waals surface area contributed by atoms with Crippen LogP contribution in [-0.4, -0.2) is 47.4 Å². The molecule has 0 unspecified atom stereocenters. The van der Waals surface area contributed by atoms with E-state index in [9.17, 15) is 10.0 Å². The molecular formula is C18H18N4O3. The normalized spacial score (nSPS) is 18.0. The quantitative estimate of drug-likeness (QED) is 0.645. The fraction of sp³-hybridized carbons (Fsp3) is 0.278. The van der Waals surface area contributed by atoms with Gasteiger partial charge in [-0.05, 0) is 48.4 Å². The molecule has 128 valence electrons. The number of aromatic nitrogens is 1. The number of fused-ring (bicyclic) bond motifs is 3. The Kier molecular flexibility index (Phi) is 3.65. The van der Waals surface area contributed by atoms with Gasteiger partial charge in [-0.2, -0.15) is 0 Å². The van der Waals surface area contributed by atoms with Crippen molar-refractivity contribution in [2.75, 3.05) is 26.0 Å². The number of hydrogen-bond donors (Lipinski definition) is 2. The number of oxime groups is 1. The van der Waals surface area contributed by atoms with Crippen LogP contribution in [-0.2, 0) is 17.8 Å². The number of carbonyl (C=O) groups is 1. The SMILES string of the molecule is COc1ncccc1-c1cc2c(c3c1CCN(C)C3)NC(=O)/C2=N/O. The van der Waals surface area contributed by atoms with E-state index in [1.54, 1.807) is 13.3 Å². The second kappa shape index (κ2) is 5.86. The zero-order chi connectivity index (χ0) is 17.6. The zero-order valence-corrected chi connectivity index (χ0v) is 14.0. The van der Waals surface area contributed by atoms with Gasteiger partial charge < -0.3 is 20.2 Å². The van der Waals surface area contributed by atoms with Gasteiger partial charge in [0.1, 0.15) is 0 Å². The minimum atomic E-state index is -0.386. The number of amides is 1. The summed E-state index contributed by atoms with van der Waals surface area (Å²) in [5, 5.41) is 15.3. The molecule has 2 N–H and O–H groups in total. The molecule has 1 amide bonds. The van der Waals surface area contributed by atoms with E-state index in [-0.39, 0.29) is 11.6 Å². The molecule has 0 saturated carbocycles. The first-order valence-electron chi connectivity index (χ1n) is 8.04. The van der Waals surface area contributed by atoms with Crippen molar-refractivity contribution in [1.82, 2.24) is 9.88 Å². The second-order valence-corrected chi connectivity index (χ2v) is 6.25. The summed E-state index contributed by atoms with van der Waals surface area (Å²) in [5.74, 6) is 0.145. The summed E-state index contributed by atoms with van der Waals surface area (Å²) < 4.78 is 5.42. The van der Waals surface area contributed by atoms with Gasteiger partial charge in [-0.3, -0.25) is 4.79 Å². The van der Waals surface area contributed by atoms with Crippen LogP contribution >= 0.6 is 0 Å². The van der Waals surface area contributed by atoms with Crippen molar-refractivity contribution in [3.05, 3.63) is 41.1 Å². The first kappa shape index (κ1) is 15.6. The van der Waals surface area contributed by atoms with Crippen molar-refractivity contribution in [3.8, 4) is 17.0 Å². The fourth-order valence-corrected chi connectivity index (χ4v) is 3.61. The molecule has 7 nitrogen and oxygen atoms in total. The van der Waals surface area contributed by atoms with Gasteiger partial charge >= 0.3 is 0 Å². The number of benzene rings is 1. The van der Waals surface area contributed by atoms with Crippen LogP contribution in [0.5, 0.6) is 5.88 Å². The Balaban J connectivity index is 2.02. The highest BCUT2D eigenvalue weighted by atomic mass is 16.5. The van der Waals surface area contributed by atoms with E-state index in [1.165, 1.54) is 5.56 Å². The third-order valence-electron chi connectivity index (χ3n) is 4.78. The largest absolute Gasteiger partial charge is 0.481 e. The van der Waals surface area contributed by atoms with Gasteiger partial charge in [0.05, 0.1) is 12.8 Å². The lowest BCUT2D eigenvalue weighted by molar-refractivity contribution is -0.110. The number of carbonyl (C=O) groups excluding carboxylic acids is 1. The molecule has 0 radical (unpaired) electrons. The number of likely N-dealkylation sites (N-methyl/N-ethyl adjacent to an activating group) is 1. The van der Waals surface area contributed by atoms with Crippen LogP contribution < -0.4 is 10.1 Å². The number of nitrogens with one attached hydrogen (secondary N) is 1. The molecule has 1 aromatic heterocycles. The molecule has 0 bridgehead atoms. The van der Waals surface area contributed by atoms with Crippen LogP contribution in [0.3, 0.4) is 0 Å². The number of hydrogen-bond acceptors (Lipinski definition) is 6. The molecule has 0 saturated heterocycles. The summed E-state index contributed by atoms with van der Waals surface area (Å²) in [6, 6.07) is 5.70. The van der Waals surface area contributed by atoms with E-state index in [1.807, 2.05) is 25.2 Å². The number of anilines is 1. The Morgan fingerprint density at radius 1 is 1.32 bits per heavy atom. The highest BCUT2D eigenvalue weighted by Crippen LogP contribution is 2.41. The molecule has 1 aromatic carbocycles. The Morgan fingerprint density at radius 2 is 2.16 bits per heavy atom. The molecule has 0 fully saturated rings. The minimum Gasteiger partial charge on any atom is -0.481 e. The summed E-state index contributed by atoms with van der Waals surface area (Å²) in [7, 11) is 3.63. The number of methoxy groups -OCH3 is 1. The van der Waals surface area contributed by atoms with Gasteiger partial charge in [0.2, 0.25) is 5.88 Å². The first-order valence-corrected chi connectivity index (χ1v) is 8.04. The number of nitrogens with zero attached hydrogens (tertiary/aromatic N) is 3. The topological polar surface area (TPSA) is 87.0 Å². The minimum absolute atomic E-state index is 0.0372. The predicted molar refractivity (Wildman–Crippen MR) is 93.2 cm³/mol. The van der Waals surface area contributed by atoms with Crippen molar-refractivity contribution in [3.63, 3.8) is 0 Å². The summed E-state index contributed by atoms with van der Waals surface area (Å²) in [6.45, 7) is 1.64. The van der Waals surface area contributed by atoms with E-state index >= 15 is 0 Å². The average molecular weight is 338 g/mol. The van der Waals surface area contributed by atoms with Crippen molar-refractivity contribution in [2.24, 2.45) is 5.16 Å². The van der Waals surface area contributed by atoms with Gasteiger partial charge in [0, 0.05) is 30.4 Å². The first-order chi connectivity index (χ1) is 12.1. The molecular weight excluding hydrogens is 320 g/mol. The summed E-state index contributed by atoms with van der Waals surface area (Å²) >= 11 is 0. The van der Waals surface area contributed by atoms with Gasteiger partial charge in [-0.1, -0.05) is 5.16 Å². The smallest absolute Gasteiger partial charge is 0.278 e. The summed E-state index contributed by atoms with van der Waals surface area (Å²) in [6.07, 6.45) is 2.54. The maximum atomic E-state index is 12.1. The molecule has 4 rings (SSSR count). The maximum absolute atomic E-state index is 12.1. The van der Waals surface area contributed by atoms with Gasteiger partial charge in [-0.25, -0.2) is 4.98 Å². The number of ether oxygens (including phenoxy) is 1. The molecule has 2 aromatic rings. The summed E-state index contributed by atoms with van der Waals surface area (Å²) in [5.41, 5.74) is 5.44. The van der Waals surface area contributed by atoms with Crippen molar-refractivity contribution in [1.29, 1.82) is 0 Å². The monoisotopic (exact) mass is 338 g/mol. The van der Waals surface area contributed by atoms with E-state index in [4.69, 9.17) is 4.74 Å². The maximum Gasteiger partial charge on any atom is 0.278 e. The summed E-state index contributed by atoms with van der Waals surface area (Å²) in [4.78, 5) is 18.6. The Labute approximate surface area is 144 Å². The van der Waals surface area contributed by atoms with Crippen LogP contribution in [0.4, 0.5) is 5.69 Å². The van der Waals surface area contributed by atoms with Crippen LogP contribution in [0.15, 0.2) is 29.6 Å². The molecule has 2 aliphatic heterocycles. The fourth-order valence-electron chi connectivity index (χ4n) is 3.61. The lowest BCUT2D eigenvalue weighted by atomic mass is 9.87. The van der Waals surface area contributed by atoms with Crippen LogP contribution in [0.2, 0.25) is 0 Å². The molecule has 0 aliphatic carbocycles. The molecule has 3 heterocycles. The molecule has 25 heavy (non-hydrogen) atoms. The van der Waals surface area contributed by atoms with Crippen LogP contribution in [0.1, 0.15) is 16.7 Å². The number of rotatable bonds is 2. The third-order valence-corrected chi connectivity index (χ3v) is 4.78. The van der Waals surface area contributed by atoms with E-state index in [0.717, 1.165) is 35.3 Å². The van der Waals surface area contributed by atoms with Crippen LogP contribution in [0, 0.1) is 0 Å². The highest BCUT2D eigenvalue weighted by Gasteiger charge is 2.33. The Bertz CT molecular complexity index is 907. The van der Waals surface area contributed by atoms with Gasteiger partial charge in [-0.15, -0.1) is 0 Å². The van der Waals surface area contributed by atoms with Gasteiger partial charge in [0.15, 0.2) is 5.71 Å². The number of pyridine rings is 1. The third kappa shape index (κ3) is 2.35. The van der Waals surface area contributed by atoms with Gasteiger partial charge in [0.25, 0.3) is 5.91 Å². The van der Waals surface area contributed by atoms with Crippen molar-refractivity contribution < 1.29 is 14.7 Å². The Morgan fingerprint density at radius 3 is 2.92 bits per heavy atom. The highest BCUT2D eigenvalue weighted by molar-refractivity contribution is 6.54. The van der Waals surface area contributed by atoms with Crippen molar-refractivity contribution in [2.45, 2.75) is 13.0 Å². The zero-order valence-electron chi connectivity index (χ0n) is 14.0. The lowest BCUT2D eigenvalue weighted by Gasteiger charge is -2.29. The Hall–Kier alpha value is -2.93.